The highest BCUT2D eigenvalue weighted by Gasteiger charge is 2.21. The molecule has 0 aliphatic carbocycles. The number of aryl methyl sites for hydroxylation is 2. The summed E-state index contributed by atoms with van der Waals surface area (Å²) >= 11 is 6.43. The zero-order valence-electron chi connectivity index (χ0n) is 24.2. The summed E-state index contributed by atoms with van der Waals surface area (Å²) in [5.74, 6) is -0.0163. The van der Waals surface area contributed by atoms with Gasteiger partial charge < -0.3 is 28.7 Å². The van der Waals surface area contributed by atoms with E-state index < -0.39 is 0 Å². The van der Waals surface area contributed by atoms with E-state index in [0.717, 1.165) is 25.0 Å². The second-order valence-corrected chi connectivity index (χ2v) is 10.7. The van der Waals surface area contributed by atoms with Gasteiger partial charge in [0.05, 0.1) is 11.6 Å². The minimum absolute atomic E-state index is 0. The summed E-state index contributed by atoms with van der Waals surface area (Å²) in [5.41, 5.74) is 1.55. The van der Waals surface area contributed by atoms with Crippen LogP contribution in [0.2, 0.25) is 5.02 Å². The molecule has 1 aromatic heterocycles. The van der Waals surface area contributed by atoms with E-state index in [2.05, 4.69) is 17.6 Å². The number of pyridine rings is 1. The number of hydrogen-bond donors (Lipinski definition) is 0. The van der Waals surface area contributed by atoms with Crippen LogP contribution in [0.25, 0.3) is 0 Å². The molecule has 218 valence electrons. The molecule has 2 rings (SSSR count). The van der Waals surface area contributed by atoms with Crippen molar-refractivity contribution in [3.05, 3.63) is 58.9 Å². The minimum Gasteiger partial charge on any atom is -1.00 e. The normalized spacial score (nSPS) is 10.7. The number of hydrogen-bond acceptors (Lipinski definition) is 3. The molecule has 2 amide bonds. The van der Waals surface area contributed by atoms with E-state index in [1.807, 2.05) is 25.4 Å². The number of amides is 2. The van der Waals surface area contributed by atoms with E-state index in [9.17, 15) is 9.59 Å². The van der Waals surface area contributed by atoms with Crippen molar-refractivity contribution in [2.24, 2.45) is 7.05 Å². The predicted molar refractivity (Wildman–Crippen MR) is 156 cm³/mol. The molecular formula is C32H48ClIN2O3. The fourth-order valence-corrected chi connectivity index (χ4v) is 4.91. The summed E-state index contributed by atoms with van der Waals surface area (Å²) in [6.45, 7) is 4.66. The van der Waals surface area contributed by atoms with Crippen molar-refractivity contribution in [2.75, 3.05) is 13.2 Å². The van der Waals surface area contributed by atoms with Crippen molar-refractivity contribution in [1.29, 1.82) is 0 Å². The van der Waals surface area contributed by atoms with E-state index in [1.54, 1.807) is 18.2 Å². The van der Waals surface area contributed by atoms with Crippen LogP contribution in [0.5, 0.6) is 5.75 Å². The molecule has 1 aromatic carbocycles. The molecule has 0 radical (unpaired) electrons. The first kappa shape index (κ1) is 35.4. The molecule has 1 heterocycles. The number of carbonyl (C=O) groups is 2. The molecular weight excluding hydrogens is 623 g/mol. The Hall–Kier alpha value is -1.67. The van der Waals surface area contributed by atoms with Crippen LogP contribution in [-0.2, 0) is 18.3 Å². The zero-order chi connectivity index (χ0) is 27.6. The highest BCUT2D eigenvalue weighted by atomic mass is 127. The van der Waals surface area contributed by atoms with Crippen LogP contribution >= 0.6 is 11.6 Å². The Labute approximate surface area is 258 Å². The Morgan fingerprint density at radius 3 is 2.05 bits per heavy atom. The first-order valence-corrected chi connectivity index (χ1v) is 15.0. The van der Waals surface area contributed by atoms with Gasteiger partial charge in [-0.3, -0.25) is 14.5 Å². The fourth-order valence-electron chi connectivity index (χ4n) is 4.67. The highest BCUT2D eigenvalue weighted by molar-refractivity contribution is 6.32. The van der Waals surface area contributed by atoms with Gasteiger partial charge in [-0.1, -0.05) is 95.2 Å². The van der Waals surface area contributed by atoms with Crippen molar-refractivity contribution in [3.8, 4) is 5.75 Å². The monoisotopic (exact) mass is 670 g/mol. The Balaban J connectivity index is 0.00000760. The summed E-state index contributed by atoms with van der Waals surface area (Å²) in [5, 5.41) is 0.398. The second-order valence-electron chi connectivity index (χ2n) is 10.3. The van der Waals surface area contributed by atoms with Crippen molar-refractivity contribution in [2.45, 2.75) is 104 Å². The lowest BCUT2D eigenvalue weighted by Gasteiger charge is -2.19. The van der Waals surface area contributed by atoms with Crippen LogP contribution in [-0.4, -0.2) is 29.9 Å². The zero-order valence-corrected chi connectivity index (χ0v) is 27.1. The van der Waals surface area contributed by atoms with Crippen LogP contribution < -0.4 is 33.3 Å². The first-order valence-electron chi connectivity index (χ1n) is 14.6. The van der Waals surface area contributed by atoms with Gasteiger partial charge in [0, 0.05) is 37.6 Å². The summed E-state index contributed by atoms with van der Waals surface area (Å²) in [6.07, 6.45) is 19.1. The minimum atomic E-state index is -0.329. The van der Waals surface area contributed by atoms with Gasteiger partial charge in [0.1, 0.15) is 12.8 Å². The number of rotatable bonds is 19. The molecule has 7 heteroatoms. The van der Waals surface area contributed by atoms with Crippen LogP contribution in [0.15, 0.2) is 42.6 Å². The number of carbonyl (C=O) groups excluding carboxylic acids is 2. The van der Waals surface area contributed by atoms with Crippen molar-refractivity contribution >= 4 is 23.4 Å². The highest BCUT2D eigenvalue weighted by Crippen LogP contribution is 2.26. The molecule has 0 unspecified atom stereocenters. The average Bonchev–Trinajstić information content (AvgIpc) is 2.90. The predicted octanol–water partition coefficient (Wildman–Crippen LogP) is 4.87. The molecule has 0 aliphatic rings. The lowest BCUT2D eigenvalue weighted by molar-refractivity contribution is -0.679. The molecule has 0 spiro atoms. The molecule has 0 bridgehead atoms. The van der Waals surface area contributed by atoms with Gasteiger partial charge in [-0.05, 0) is 31.0 Å². The van der Waals surface area contributed by atoms with Gasteiger partial charge in [-0.15, -0.1) is 0 Å². The van der Waals surface area contributed by atoms with Crippen molar-refractivity contribution < 1.29 is 42.9 Å². The van der Waals surface area contributed by atoms with E-state index in [4.69, 9.17) is 16.3 Å². The summed E-state index contributed by atoms with van der Waals surface area (Å²) in [7, 11) is 1.99. The van der Waals surface area contributed by atoms with Crippen LogP contribution in [0, 0.1) is 0 Å². The van der Waals surface area contributed by atoms with Gasteiger partial charge in [0.15, 0.2) is 11.9 Å². The van der Waals surface area contributed by atoms with E-state index in [1.165, 1.54) is 76.0 Å². The van der Waals surface area contributed by atoms with Gasteiger partial charge in [0.2, 0.25) is 5.91 Å². The molecule has 2 aromatic rings. The largest absolute Gasteiger partial charge is 1.00 e. The molecule has 0 aliphatic heterocycles. The number of imide groups is 1. The van der Waals surface area contributed by atoms with Crippen LogP contribution in [0.1, 0.15) is 113 Å². The third-order valence-corrected chi connectivity index (χ3v) is 7.33. The molecule has 0 saturated carbocycles. The lowest BCUT2D eigenvalue weighted by atomic mass is 10.1. The Bertz CT molecular complexity index is 986. The molecule has 0 atom stereocenters. The smallest absolute Gasteiger partial charge is 0.260 e. The summed E-state index contributed by atoms with van der Waals surface area (Å²) in [6, 6.07) is 11.1. The Kier molecular flexibility index (Phi) is 19.2. The third-order valence-electron chi connectivity index (χ3n) is 7.04. The topological polar surface area (TPSA) is 50.5 Å². The van der Waals surface area contributed by atoms with Crippen LogP contribution in [0.4, 0.5) is 0 Å². The molecule has 5 nitrogen and oxygen atoms in total. The Morgan fingerprint density at radius 1 is 0.872 bits per heavy atom. The quantitative estimate of drug-likeness (QED) is 0.122. The maximum atomic E-state index is 13.0. The van der Waals surface area contributed by atoms with E-state index in [-0.39, 0.29) is 35.8 Å². The lowest BCUT2D eigenvalue weighted by Crippen LogP contribution is -3.00. The van der Waals surface area contributed by atoms with Crippen LogP contribution in [0.3, 0.4) is 0 Å². The van der Waals surface area contributed by atoms with Gasteiger partial charge >= 0.3 is 0 Å². The SMILES string of the molecule is CCCCCCCCCCCCCCOc1ccc(C(=O)N(CCCc2cccc[n+]2C)C(C)=O)cc1Cl.[I-]. The van der Waals surface area contributed by atoms with Gasteiger partial charge in [-0.2, -0.15) is 0 Å². The molecule has 0 saturated heterocycles. The fraction of sp³-hybridized carbons (Fsp3) is 0.594. The van der Waals surface area contributed by atoms with E-state index in [0.29, 0.717) is 35.9 Å². The van der Waals surface area contributed by atoms with Crippen molar-refractivity contribution in [3.63, 3.8) is 0 Å². The molecule has 0 N–H and O–H groups in total. The molecule has 0 fully saturated rings. The van der Waals surface area contributed by atoms with Crippen molar-refractivity contribution in [1.82, 2.24) is 4.90 Å². The number of unbranched alkanes of at least 4 members (excludes halogenated alkanes) is 11. The number of aromatic nitrogens is 1. The molecule has 39 heavy (non-hydrogen) atoms. The second kappa shape index (κ2) is 21.1. The maximum absolute atomic E-state index is 13.0. The standard InChI is InChI=1S/C32H48ClN2O3.HI/c1-4-5-6-7-8-9-10-11-12-13-14-17-25-38-31-22-21-28(26-30(31)33)32(37)35(27(2)36)24-18-20-29-19-15-16-23-34(29)3;/h15-16,19,21-23,26H,4-14,17-18,20,24-25H2,1-3H3;1H/q+1;/p-1. The Morgan fingerprint density at radius 2 is 1.49 bits per heavy atom. The number of halogens is 2. The maximum Gasteiger partial charge on any atom is 0.260 e. The number of benzene rings is 1. The summed E-state index contributed by atoms with van der Waals surface area (Å²) in [4.78, 5) is 26.6. The number of ether oxygens (including phenoxy) is 1. The van der Waals surface area contributed by atoms with E-state index >= 15 is 0 Å². The number of nitrogens with zero attached hydrogens (tertiary/aromatic N) is 2. The first-order chi connectivity index (χ1) is 18.4. The van der Waals surface area contributed by atoms with Gasteiger partial charge in [0.25, 0.3) is 5.91 Å². The average molecular weight is 671 g/mol. The summed E-state index contributed by atoms with van der Waals surface area (Å²) < 4.78 is 7.92. The van der Waals surface area contributed by atoms with Gasteiger partial charge in [-0.25, -0.2) is 4.57 Å². The third kappa shape index (κ3) is 14.0.